The van der Waals surface area contributed by atoms with E-state index in [0.717, 1.165) is 45.0 Å². The number of Topliss-reactive ketones (excluding diaryl/α,β-unsaturated/α-hetero) is 1. The molecule has 0 spiro atoms. The van der Waals surface area contributed by atoms with Crippen LogP contribution in [0.3, 0.4) is 0 Å². The zero-order valence-electron chi connectivity index (χ0n) is 20.9. The van der Waals surface area contributed by atoms with Crippen LogP contribution in [0.1, 0.15) is 54.5 Å². The Morgan fingerprint density at radius 1 is 0.971 bits per heavy atom. The summed E-state index contributed by atoms with van der Waals surface area (Å²) in [6.07, 6.45) is 2.50. The smallest absolute Gasteiger partial charge is 0.141 e. The highest BCUT2D eigenvalue weighted by Gasteiger charge is 2.31. The van der Waals surface area contributed by atoms with Crippen LogP contribution < -0.4 is 14.4 Å². The van der Waals surface area contributed by atoms with E-state index < -0.39 is 0 Å². The number of benzene rings is 2. The number of rotatable bonds is 8. The summed E-state index contributed by atoms with van der Waals surface area (Å²) in [5.41, 5.74) is 4.43. The monoisotopic (exact) mass is 584 g/mol. The summed E-state index contributed by atoms with van der Waals surface area (Å²) in [5, 5.41) is 0. The topological polar surface area (TPSA) is 51.7 Å². The van der Waals surface area contributed by atoms with Crippen LogP contribution in [-0.4, -0.2) is 25.0 Å². The van der Waals surface area contributed by atoms with Gasteiger partial charge >= 0.3 is 0 Å². The van der Waals surface area contributed by atoms with Crippen LogP contribution >= 0.6 is 22.6 Å². The number of aryl methyl sites for hydroxylation is 1. The van der Waals surface area contributed by atoms with Crippen LogP contribution in [0.5, 0.6) is 11.5 Å². The van der Waals surface area contributed by atoms with Crippen LogP contribution in [0.15, 0.2) is 54.6 Å². The van der Waals surface area contributed by atoms with Crippen molar-refractivity contribution in [2.45, 2.75) is 52.1 Å². The number of anilines is 1. The van der Waals surface area contributed by atoms with Crippen LogP contribution in [0.4, 0.5) is 5.82 Å². The first-order chi connectivity index (χ1) is 16.9. The van der Waals surface area contributed by atoms with Crippen LogP contribution in [-0.2, 0) is 17.9 Å². The Bertz CT molecular complexity index is 1110. The lowest BCUT2D eigenvalue weighted by atomic mass is 9.79. The molecule has 0 aliphatic heterocycles. The fourth-order valence-corrected chi connectivity index (χ4v) is 5.31. The molecule has 6 heteroatoms. The first kappa shape index (κ1) is 25.5. The van der Waals surface area contributed by atoms with Gasteiger partial charge in [-0.1, -0.05) is 31.2 Å². The molecular weight excluding hydrogens is 551 g/mol. The first-order valence-corrected chi connectivity index (χ1v) is 13.2. The van der Waals surface area contributed by atoms with Gasteiger partial charge < -0.3 is 14.4 Å². The molecule has 0 bridgehead atoms. The summed E-state index contributed by atoms with van der Waals surface area (Å²) in [5.74, 6) is 3.32. The number of methoxy groups -OCH3 is 2. The molecule has 1 aromatic heterocycles. The number of aromatic nitrogens is 1. The van der Waals surface area contributed by atoms with Crippen molar-refractivity contribution in [3.05, 3.63) is 80.6 Å². The molecule has 0 N–H and O–H groups in total. The van der Waals surface area contributed by atoms with Gasteiger partial charge in [0.2, 0.25) is 0 Å². The molecule has 1 fully saturated rings. The Labute approximate surface area is 222 Å². The number of halogens is 1. The molecule has 1 aliphatic rings. The molecule has 2 unspecified atom stereocenters. The van der Waals surface area contributed by atoms with Gasteiger partial charge in [-0.05, 0) is 95.3 Å². The van der Waals surface area contributed by atoms with E-state index in [9.17, 15) is 4.79 Å². The number of nitrogens with zero attached hydrogens (tertiary/aromatic N) is 2. The summed E-state index contributed by atoms with van der Waals surface area (Å²) in [6.45, 7) is 5.74. The number of pyridine rings is 1. The minimum Gasteiger partial charge on any atom is -0.497 e. The lowest BCUT2D eigenvalue weighted by molar-refractivity contribution is -0.122. The molecule has 35 heavy (non-hydrogen) atoms. The van der Waals surface area contributed by atoms with Gasteiger partial charge in [-0.15, -0.1) is 0 Å². The molecule has 2 aromatic carbocycles. The van der Waals surface area contributed by atoms with E-state index in [4.69, 9.17) is 14.5 Å². The predicted molar refractivity (Wildman–Crippen MR) is 148 cm³/mol. The molecule has 1 aliphatic carbocycles. The Hall–Kier alpha value is -2.61. The molecule has 1 heterocycles. The van der Waals surface area contributed by atoms with Gasteiger partial charge in [0.05, 0.1) is 25.8 Å². The van der Waals surface area contributed by atoms with Crippen molar-refractivity contribution in [3.8, 4) is 11.5 Å². The van der Waals surface area contributed by atoms with E-state index in [1.807, 2.05) is 24.3 Å². The molecule has 2 atom stereocenters. The lowest BCUT2D eigenvalue weighted by Crippen LogP contribution is -2.27. The Kier molecular flexibility index (Phi) is 8.31. The van der Waals surface area contributed by atoms with Crippen molar-refractivity contribution in [1.29, 1.82) is 0 Å². The number of hydrogen-bond acceptors (Lipinski definition) is 5. The Morgan fingerprint density at radius 2 is 1.51 bits per heavy atom. The number of carbonyl (C=O) groups excluding carboxylic acids is 1. The van der Waals surface area contributed by atoms with Gasteiger partial charge in [0, 0.05) is 23.1 Å². The highest BCUT2D eigenvalue weighted by atomic mass is 127. The second kappa shape index (κ2) is 11.4. The normalized spacial score (nSPS) is 17.8. The maximum absolute atomic E-state index is 12.9. The van der Waals surface area contributed by atoms with E-state index in [1.165, 1.54) is 11.1 Å². The highest BCUT2D eigenvalue weighted by molar-refractivity contribution is 14.1. The Morgan fingerprint density at radius 3 is 2.03 bits per heavy atom. The second-order valence-electron chi connectivity index (χ2n) is 9.45. The third-order valence-electron chi connectivity index (χ3n) is 6.78. The van der Waals surface area contributed by atoms with E-state index in [2.05, 4.69) is 71.7 Å². The van der Waals surface area contributed by atoms with Crippen molar-refractivity contribution in [1.82, 2.24) is 4.98 Å². The maximum Gasteiger partial charge on any atom is 0.141 e. The molecule has 0 saturated heterocycles. The molecule has 0 radical (unpaired) electrons. The van der Waals surface area contributed by atoms with Gasteiger partial charge in [-0.3, -0.25) is 4.79 Å². The number of ketones is 1. The SMILES string of the molecule is COc1ccc(CN(Cc2ccc(OC)cc2)c2cc(C)c(I)c(C3CC(C)CCC3=O)n2)cc1. The average Bonchev–Trinajstić information content (AvgIpc) is 2.87. The fourth-order valence-electron chi connectivity index (χ4n) is 4.66. The summed E-state index contributed by atoms with van der Waals surface area (Å²) < 4.78 is 11.8. The summed E-state index contributed by atoms with van der Waals surface area (Å²) in [7, 11) is 3.36. The van der Waals surface area contributed by atoms with Gasteiger partial charge in [0.1, 0.15) is 23.1 Å². The summed E-state index contributed by atoms with van der Waals surface area (Å²) in [6, 6.07) is 18.5. The number of carbonyl (C=O) groups is 1. The largest absolute Gasteiger partial charge is 0.497 e. The molecule has 4 rings (SSSR count). The molecule has 3 aromatic rings. The minimum absolute atomic E-state index is 0.117. The number of hydrogen-bond donors (Lipinski definition) is 0. The molecule has 184 valence electrons. The van der Waals surface area contributed by atoms with Crippen LogP contribution in [0.2, 0.25) is 0 Å². The minimum atomic E-state index is -0.117. The molecule has 1 saturated carbocycles. The van der Waals surface area contributed by atoms with E-state index in [0.29, 0.717) is 31.2 Å². The zero-order valence-corrected chi connectivity index (χ0v) is 23.0. The maximum atomic E-state index is 12.9. The third kappa shape index (κ3) is 6.15. The Balaban J connectivity index is 1.71. The van der Waals surface area contributed by atoms with Crippen molar-refractivity contribution < 1.29 is 14.3 Å². The quantitative estimate of drug-likeness (QED) is 0.276. The molecule has 0 amide bonds. The van der Waals surface area contributed by atoms with Gasteiger partial charge in [0.25, 0.3) is 0 Å². The molecular formula is C29H33IN2O3. The summed E-state index contributed by atoms with van der Waals surface area (Å²) in [4.78, 5) is 20.3. The molecule has 5 nitrogen and oxygen atoms in total. The third-order valence-corrected chi connectivity index (χ3v) is 8.18. The van der Waals surface area contributed by atoms with Crippen molar-refractivity contribution in [2.24, 2.45) is 5.92 Å². The highest BCUT2D eigenvalue weighted by Crippen LogP contribution is 2.37. The van der Waals surface area contributed by atoms with Gasteiger partial charge in [0.15, 0.2) is 0 Å². The zero-order chi connectivity index (χ0) is 24.9. The van der Waals surface area contributed by atoms with Gasteiger partial charge in [-0.25, -0.2) is 4.98 Å². The van der Waals surface area contributed by atoms with E-state index in [-0.39, 0.29) is 5.92 Å². The number of ether oxygens (including phenoxy) is 2. The van der Waals surface area contributed by atoms with Crippen molar-refractivity contribution in [3.63, 3.8) is 0 Å². The van der Waals surface area contributed by atoms with Crippen LogP contribution in [0.25, 0.3) is 0 Å². The average molecular weight is 584 g/mol. The fraction of sp³-hybridized carbons (Fsp3) is 0.379. The van der Waals surface area contributed by atoms with Crippen molar-refractivity contribution in [2.75, 3.05) is 19.1 Å². The van der Waals surface area contributed by atoms with Crippen LogP contribution in [0, 0.1) is 16.4 Å². The summed E-state index contributed by atoms with van der Waals surface area (Å²) >= 11 is 2.37. The first-order valence-electron chi connectivity index (χ1n) is 12.1. The van der Waals surface area contributed by atoms with E-state index in [1.54, 1.807) is 14.2 Å². The van der Waals surface area contributed by atoms with Crippen molar-refractivity contribution >= 4 is 34.2 Å². The van der Waals surface area contributed by atoms with E-state index >= 15 is 0 Å². The van der Waals surface area contributed by atoms with Gasteiger partial charge in [-0.2, -0.15) is 0 Å². The predicted octanol–water partition coefficient (Wildman–Crippen LogP) is 6.69. The standard InChI is InChI=1S/C29H33IN2O3/c1-19-5-14-26(33)25(15-19)29-28(30)20(2)16-27(31-29)32(17-21-6-10-23(34-3)11-7-21)18-22-8-12-24(35-4)13-9-22/h6-13,16,19,25H,5,14-15,17-18H2,1-4H3. The lowest BCUT2D eigenvalue weighted by Gasteiger charge is -2.29. The second-order valence-corrected chi connectivity index (χ2v) is 10.5.